The lowest BCUT2D eigenvalue weighted by molar-refractivity contribution is 0.132. The summed E-state index contributed by atoms with van der Waals surface area (Å²) in [5.74, 6) is 2.31. The van der Waals surface area contributed by atoms with Gasteiger partial charge in [0.2, 0.25) is 5.89 Å². The molecule has 1 aliphatic rings. The van der Waals surface area contributed by atoms with Crippen LogP contribution in [0.1, 0.15) is 44.8 Å². The van der Waals surface area contributed by atoms with E-state index in [9.17, 15) is 0 Å². The second kappa shape index (κ2) is 3.59. The standard InChI is InChI=1S/C11H19N3O/c1-7-5-4-6-11(12,8(7)2)10-13-9(3)15-14-10/h7-8H,4-6,12H2,1-3H3. The molecule has 0 spiro atoms. The van der Waals surface area contributed by atoms with Crippen LogP contribution in [0, 0.1) is 18.8 Å². The zero-order chi connectivity index (χ0) is 11.1. The van der Waals surface area contributed by atoms with Gasteiger partial charge >= 0.3 is 0 Å². The second-order valence-corrected chi connectivity index (χ2v) is 4.84. The first-order chi connectivity index (χ1) is 7.04. The molecular formula is C11H19N3O. The van der Waals surface area contributed by atoms with Gasteiger partial charge in [-0.3, -0.25) is 0 Å². The minimum atomic E-state index is -0.393. The van der Waals surface area contributed by atoms with Crippen molar-refractivity contribution >= 4 is 0 Å². The van der Waals surface area contributed by atoms with Crippen LogP contribution in [0.2, 0.25) is 0 Å². The van der Waals surface area contributed by atoms with E-state index in [2.05, 4.69) is 24.0 Å². The van der Waals surface area contributed by atoms with Gasteiger partial charge in [-0.1, -0.05) is 31.8 Å². The van der Waals surface area contributed by atoms with Crippen molar-refractivity contribution in [2.75, 3.05) is 0 Å². The van der Waals surface area contributed by atoms with Crippen molar-refractivity contribution in [2.45, 2.75) is 45.6 Å². The molecule has 0 amide bonds. The van der Waals surface area contributed by atoms with Crippen molar-refractivity contribution in [3.63, 3.8) is 0 Å². The molecule has 0 aromatic carbocycles. The molecule has 4 heteroatoms. The summed E-state index contributed by atoms with van der Waals surface area (Å²) in [5.41, 5.74) is 6.05. The monoisotopic (exact) mass is 209 g/mol. The number of nitrogens with zero attached hydrogens (tertiary/aromatic N) is 2. The third kappa shape index (κ3) is 1.67. The highest BCUT2D eigenvalue weighted by atomic mass is 16.5. The first-order valence-corrected chi connectivity index (χ1v) is 5.63. The molecule has 0 saturated heterocycles. The average Bonchev–Trinajstić information content (AvgIpc) is 2.62. The Bertz CT molecular complexity index is 349. The topological polar surface area (TPSA) is 64.9 Å². The molecule has 1 saturated carbocycles. The largest absolute Gasteiger partial charge is 0.340 e. The predicted molar refractivity (Wildman–Crippen MR) is 57.1 cm³/mol. The Hall–Kier alpha value is -0.900. The van der Waals surface area contributed by atoms with E-state index < -0.39 is 5.54 Å². The average molecular weight is 209 g/mol. The first kappa shape index (κ1) is 10.6. The molecule has 1 fully saturated rings. The third-order valence-corrected chi connectivity index (χ3v) is 3.86. The molecule has 4 nitrogen and oxygen atoms in total. The first-order valence-electron chi connectivity index (χ1n) is 5.63. The van der Waals surface area contributed by atoms with Gasteiger partial charge in [0.1, 0.15) is 0 Å². The van der Waals surface area contributed by atoms with Gasteiger partial charge in [0.05, 0.1) is 5.54 Å². The molecule has 2 N–H and O–H groups in total. The SMILES string of the molecule is Cc1nc(C2(N)CCCC(C)C2C)no1. The fraction of sp³-hybridized carbons (Fsp3) is 0.818. The maximum absolute atomic E-state index is 6.44. The third-order valence-electron chi connectivity index (χ3n) is 3.86. The molecule has 1 aromatic rings. The van der Waals surface area contributed by atoms with Crippen LogP contribution in [0.5, 0.6) is 0 Å². The lowest BCUT2D eigenvalue weighted by atomic mass is 9.68. The number of nitrogens with two attached hydrogens (primary N) is 1. The van der Waals surface area contributed by atoms with Crippen LogP contribution in [-0.4, -0.2) is 10.1 Å². The summed E-state index contributed by atoms with van der Waals surface area (Å²) in [5, 5.41) is 3.98. The fourth-order valence-electron chi connectivity index (χ4n) is 2.51. The maximum Gasteiger partial charge on any atom is 0.223 e. The Kier molecular flexibility index (Phi) is 2.54. The molecule has 1 heterocycles. The van der Waals surface area contributed by atoms with Crippen molar-refractivity contribution < 1.29 is 4.52 Å². The van der Waals surface area contributed by atoms with E-state index in [1.807, 2.05) is 0 Å². The van der Waals surface area contributed by atoms with E-state index in [0.717, 1.165) is 12.8 Å². The van der Waals surface area contributed by atoms with Crippen molar-refractivity contribution in [2.24, 2.45) is 17.6 Å². The minimum Gasteiger partial charge on any atom is -0.340 e. The molecule has 0 radical (unpaired) electrons. The Morgan fingerprint density at radius 3 is 2.80 bits per heavy atom. The van der Waals surface area contributed by atoms with Gasteiger partial charge in [-0.25, -0.2) is 0 Å². The van der Waals surface area contributed by atoms with Crippen LogP contribution in [-0.2, 0) is 5.54 Å². The van der Waals surface area contributed by atoms with Crippen LogP contribution in [0.15, 0.2) is 4.52 Å². The molecule has 2 rings (SSSR count). The maximum atomic E-state index is 6.44. The Morgan fingerprint density at radius 1 is 1.47 bits per heavy atom. The number of hydrogen-bond acceptors (Lipinski definition) is 4. The van der Waals surface area contributed by atoms with Crippen molar-refractivity contribution in [3.8, 4) is 0 Å². The zero-order valence-corrected chi connectivity index (χ0v) is 9.66. The van der Waals surface area contributed by atoms with E-state index in [4.69, 9.17) is 10.3 Å². The quantitative estimate of drug-likeness (QED) is 0.768. The number of aryl methyl sites for hydroxylation is 1. The number of rotatable bonds is 1. The van der Waals surface area contributed by atoms with Gasteiger partial charge in [0.25, 0.3) is 0 Å². The van der Waals surface area contributed by atoms with Gasteiger partial charge in [0, 0.05) is 6.92 Å². The van der Waals surface area contributed by atoms with Crippen LogP contribution in [0.4, 0.5) is 0 Å². The van der Waals surface area contributed by atoms with Gasteiger partial charge in [0.15, 0.2) is 5.82 Å². The Labute approximate surface area is 90.2 Å². The second-order valence-electron chi connectivity index (χ2n) is 4.84. The Balaban J connectivity index is 2.32. The summed E-state index contributed by atoms with van der Waals surface area (Å²) in [6.07, 6.45) is 3.35. The highest BCUT2D eigenvalue weighted by Gasteiger charge is 2.42. The Morgan fingerprint density at radius 2 is 2.20 bits per heavy atom. The van der Waals surface area contributed by atoms with Crippen molar-refractivity contribution in [3.05, 3.63) is 11.7 Å². The van der Waals surface area contributed by atoms with Crippen molar-refractivity contribution in [1.29, 1.82) is 0 Å². The van der Waals surface area contributed by atoms with Crippen LogP contribution in [0.25, 0.3) is 0 Å². The molecule has 0 aliphatic heterocycles. The summed E-state index contributed by atoms with van der Waals surface area (Å²) in [6, 6.07) is 0. The summed E-state index contributed by atoms with van der Waals surface area (Å²) >= 11 is 0. The van der Waals surface area contributed by atoms with E-state index in [-0.39, 0.29) is 0 Å². The fourth-order valence-corrected chi connectivity index (χ4v) is 2.51. The summed E-state index contributed by atoms with van der Waals surface area (Å²) in [4.78, 5) is 4.29. The van der Waals surface area contributed by atoms with E-state index in [1.165, 1.54) is 6.42 Å². The van der Waals surface area contributed by atoms with Gasteiger partial charge in [-0.05, 0) is 18.3 Å². The number of hydrogen-bond donors (Lipinski definition) is 1. The van der Waals surface area contributed by atoms with Crippen LogP contribution in [0.3, 0.4) is 0 Å². The normalized spacial score (nSPS) is 36.8. The zero-order valence-electron chi connectivity index (χ0n) is 9.66. The van der Waals surface area contributed by atoms with Crippen LogP contribution >= 0.6 is 0 Å². The van der Waals surface area contributed by atoms with E-state index in [0.29, 0.717) is 23.6 Å². The molecule has 84 valence electrons. The summed E-state index contributed by atoms with van der Waals surface area (Å²) in [7, 11) is 0. The van der Waals surface area contributed by atoms with E-state index in [1.54, 1.807) is 6.92 Å². The lowest BCUT2D eigenvalue weighted by Crippen LogP contribution is -2.48. The molecular weight excluding hydrogens is 190 g/mol. The van der Waals surface area contributed by atoms with E-state index >= 15 is 0 Å². The molecule has 1 aliphatic carbocycles. The predicted octanol–water partition coefficient (Wildman–Crippen LogP) is 1.99. The summed E-state index contributed by atoms with van der Waals surface area (Å²) < 4.78 is 5.03. The summed E-state index contributed by atoms with van der Waals surface area (Å²) in [6.45, 7) is 6.24. The van der Waals surface area contributed by atoms with Crippen molar-refractivity contribution in [1.82, 2.24) is 10.1 Å². The van der Waals surface area contributed by atoms with Crippen LogP contribution < -0.4 is 5.73 Å². The minimum absolute atomic E-state index is 0.393. The molecule has 3 atom stereocenters. The number of aromatic nitrogens is 2. The lowest BCUT2D eigenvalue weighted by Gasteiger charge is -2.40. The molecule has 0 bridgehead atoms. The smallest absolute Gasteiger partial charge is 0.223 e. The van der Waals surface area contributed by atoms with Gasteiger partial charge < -0.3 is 10.3 Å². The highest BCUT2D eigenvalue weighted by Crippen LogP contribution is 2.41. The van der Waals surface area contributed by atoms with Gasteiger partial charge in [-0.2, -0.15) is 4.98 Å². The molecule has 1 aromatic heterocycles. The molecule has 3 unspecified atom stereocenters. The van der Waals surface area contributed by atoms with Gasteiger partial charge in [-0.15, -0.1) is 0 Å². The highest BCUT2D eigenvalue weighted by molar-refractivity contribution is 5.08. The molecule has 15 heavy (non-hydrogen) atoms.